The van der Waals surface area contributed by atoms with Crippen LogP contribution in [0.15, 0.2) is 29.6 Å². The number of rotatable bonds is 5. The Morgan fingerprint density at radius 1 is 1.42 bits per heavy atom. The van der Waals surface area contributed by atoms with Crippen LogP contribution in [0.5, 0.6) is 0 Å². The second-order valence-corrected chi connectivity index (χ2v) is 4.80. The molecule has 6 heteroatoms. The maximum absolute atomic E-state index is 12.9. The second-order valence-electron chi connectivity index (χ2n) is 3.94. The number of carboxylic acids is 1. The van der Waals surface area contributed by atoms with Crippen molar-refractivity contribution in [2.75, 3.05) is 11.4 Å². The van der Waals surface area contributed by atoms with Crippen molar-refractivity contribution in [3.8, 4) is 0 Å². The molecule has 100 valence electrons. The lowest BCUT2D eigenvalue weighted by Gasteiger charge is -2.21. The minimum Gasteiger partial charge on any atom is -0.476 e. The van der Waals surface area contributed by atoms with E-state index >= 15 is 0 Å². The molecule has 0 amide bonds. The van der Waals surface area contributed by atoms with Gasteiger partial charge < -0.3 is 10.0 Å². The van der Waals surface area contributed by atoms with Crippen LogP contribution in [0.3, 0.4) is 0 Å². The molecule has 4 nitrogen and oxygen atoms in total. The van der Waals surface area contributed by atoms with Gasteiger partial charge in [0, 0.05) is 17.6 Å². The highest BCUT2D eigenvalue weighted by atomic mass is 32.1. The van der Waals surface area contributed by atoms with Crippen molar-refractivity contribution < 1.29 is 14.3 Å². The van der Waals surface area contributed by atoms with E-state index in [0.29, 0.717) is 12.2 Å². The fraction of sp³-hybridized carbons (Fsp3) is 0.231. The van der Waals surface area contributed by atoms with Gasteiger partial charge >= 0.3 is 5.97 Å². The summed E-state index contributed by atoms with van der Waals surface area (Å²) in [4.78, 5) is 16.8. The Labute approximate surface area is 114 Å². The molecule has 0 fully saturated rings. The minimum absolute atomic E-state index is 0.0881. The zero-order valence-corrected chi connectivity index (χ0v) is 11.2. The first-order valence-corrected chi connectivity index (χ1v) is 6.66. The molecule has 0 atom stereocenters. The quantitative estimate of drug-likeness (QED) is 0.914. The second kappa shape index (κ2) is 5.79. The summed E-state index contributed by atoms with van der Waals surface area (Å²) in [5.74, 6) is -1.29. The van der Waals surface area contributed by atoms with Crippen molar-refractivity contribution in [2.24, 2.45) is 0 Å². The van der Waals surface area contributed by atoms with Crippen molar-refractivity contribution in [1.29, 1.82) is 0 Å². The van der Waals surface area contributed by atoms with Crippen molar-refractivity contribution >= 4 is 23.0 Å². The SMILES string of the molecule is CCN(Cc1csc(C(=O)O)n1)c1ccc(F)cc1. The summed E-state index contributed by atoms with van der Waals surface area (Å²) in [6.07, 6.45) is 0. The molecule has 19 heavy (non-hydrogen) atoms. The molecule has 0 aliphatic carbocycles. The van der Waals surface area contributed by atoms with Crippen LogP contribution in [0, 0.1) is 5.82 Å². The van der Waals surface area contributed by atoms with Gasteiger partial charge in [-0.25, -0.2) is 14.2 Å². The number of aromatic carboxylic acids is 1. The highest BCUT2D eigenvalue weighted by molar-refractivity contribution is 7.11. The molecule has 1 aromatic heterocycles. The van der Waals surface area contributed by atoms with Crippen molar-refractivity contribution in [2.45, 2.75) is 13.5 Å². The van der Waals surface area contributed by atoms with Gasteiger partial charge in [0.2, 0.25) is 5.01 Å². The number of aromatic nitrogens is 1. The lowest BCUT2D eigenvalue weighted by Crippen LogP contribution is -2.22. The van der Waals surface area contributed by atoms with Gasteiger partial charge in [0.05, 0.1) is 12.2 Å². The summed E-state index contributed by atoms with van der Waals surface area (Å²) in [7, 11) is 0. The third-order valence-electron chi connectivity index (χ3n) is 2.66. The standard InChI is InChI=1S/C13H13FN2O2S/c1-2-16(11-5-3-9(14)4-6-11)7-10-8-19-12(15-10)13(17)18/h3-6,8H,2,7H2,1H3,(H,17,18). The van der Waals surface area contributed by atoms with Gasteiger partial charge in [0.1, 0.15) is 5.82 Å². The van der Waals surface area contributed by atoms with E-state index in [1.165, 1.54) is 12.1 Å². The highest BCUT2D eigenvalue weighted by Gasteiger charge is 2.12. The molecule has 0 spiro atoms. The zero-order chi connectivity index (χ0) is 13.8. The number of carbonyl (C=O) groups is 1. The Morgan fingerprint density at radius 3 is 2.63 bits per heavy atom. The minimum atomic E-state index is -1.01. The largest absolute Gasteiger partial charge is 0.476 e. The Balaban J connectivity index is 2.14. The van der Waals surface area contributed by atoms with Crippen LogP contribution in [0.4, 0.5) is 10.1 Å². The average molecular weight is 280 g/mol. The maximum Gasteiger partial charge on any atom is 0.365 e. The molecule has 1 N–H and O–H groups in total. The Kier molecular flexibility index (Phi) is 4.11. The highest BCUT2D eigenvalue weighted by Crippen LogP contribution is 2.18. The van der Waals surface area contributed by atoms with Gasteiger partial charge in [-0.05, 0) is 31.2 Å². The normalized spacial score (nSPS) is 10.4. The van der Waals surface area contributed by atoms with Gasteiger partial charge in [-0.3, -0.25) is 0 Å². The van der Waals surface area contributed by atoms with E-state index in [1.807, 2.05) is 11.8 Å². The van der Waals surface area contributed by atoms with Crippen LogP contribution in [0.1, 0.15) is 22.4 Å². The van der Waals surface area contributed by atoms with Gasteiger partial charge in [-0.1, -0.05) is 0 Å². The third-order valence-corrected chi connectivity index (χ3v) is 3.54. The Bertz CT molecular complexity index is 568. The summed E-state index contributed by atoms with van der Waals surface area (Å²) in [5.41, 5.74) is 1.59. The average Bonchev–Trinajstić information content (AvgIpc) is 2.86. The molecule has 1 aromatic carbocycles. The van der Waals surface area contributed by atoms with Gasteiger partial charge in [0.25, 0.3) is 0 Å². The molecule has 2 aromatic rings. The molecule has 1 heterocycles. The number of hydrogen-bond acceptors (Lipinski definition) is 4. The van der Waals surface area contributed by atoms with Crippen LogP contribution < -0.4 is 4.90 Å². The van der Waals surface area contributed by atoms with Crippen LogP contribution in [-0.2, 0) is 6.54 Å². The van der Waals surface area contributed by atoms with E-state index in [1.54, 1.807) is 17.5 Å². The van der Waals surface area contributed by atoms with Crippen LogP contribution >= 0.6 is 11.3 Å². The summed E-state index contributed by atoms with van der Waals surface area (Å²) in [6, 6.07) is 6.20. The number of thiazole rings is 1. The fourth-order valence-electron chi connectivity index (χ4n) is 1.71. The number of carboxylic acid groups (broad SMARTS) is 1. The maximum atomic E-state index is 12.9. The van der Waals surface area contributed by atoms with Crippen LogP contribution in [0.2, 0.25) is 0 Å². The summed E-state index contributed by atoms with van der Waals surface area (Å²) < 4.78 is 12.9. The predicted octanol–water partition coefficient (Wildman–Crippen LogP) is 3.01. The van der Waals surface area contributed by atoms with Crippen LogP contribution in [-0.4, -0.2) is 22.6 Å². The molecule has 0 saturated heterocycles. The first kappa shape index (κ1) is 13.5. The van der Waals surface area contributed by atoms with E-state index in [4.69, 9.17) is 5.11 Å². The third kappa shape index (κ3) is 3.29. The first-order chi connectivity index (χ1) is 9.10. The van der Waals surface area contributed by atoms with Crippen LogP contribution in [0.25, 0.3) is 0 Å². The smallest absolute Gasteiger partial charge is 0.365 e. The predicted molar refractivity (Wildman–Crippen MR) is 72.2 cm³/mol. The molecule has 0 bridgehead atoms. The molecule has 0 radical (unpaired) electrons. The zero-order valence-electron chi connectivity index (χ0n) is 10.3. The number of halogens is 1. The van der Waals surface area contributed by atoms with E-state index in [0.717, 1.165) is 23.6 Å². The topological polar surface area (TPSA) is 53.4 Å². The van der Waals surface area contributed by atoms with E-state index in [9.17, 15) is 9.18 Å². The molecular formula is C13H13FN2O2S. The van der Waals surface area contributed by atoms with Crippen molar-refractivity contribution in [3.05, 3.63) is 46.2 Å². The van der Waals surface area contributed by atoms with E-state index < -0.39 is 5.97 Å². The fourth-order valence-corrected chi connectivity index (χ4v) is 2.36. The molecular weight excluding hydrogens is 267 g/mol. The molecule has 0 saturated carbocycles. The Morgan fingerprint density at radius 2 is 2.11 bits per heavy atom. The molecule has 2 rings (SSSR count). The van der Waals surface area contributed by atoms with Crippen molar-refractivity contribution in [3.63, 3.8) is 0 Å². The summed E-state index contributed by atoms with van der Waals surface area (Å²) >= 11 is 1.11. The van der Waals surface area contributed by atoms with E-state index in [2.05, 4.69) is 4.98 Å². The number of hydrogen-bond donors (Lipinski definition) is 1. The van der Waals surface area contributed by atoms with E-state index in [-0.39, 0.29) is 10.8 Å². The monoisotopic (exact) mass is 280 g/mol. The molecule has 0 unspecified atom stereocenters. The van der Waals surface area contributed by atoms with Crippen molar-refractivity contribution in [1.82, 2.24) is 4.98 Å². The lowest BCUT2D eigenvalue weighted by molar-refractivity contribution is 0.0696. The van der Waals surface area contributed by atoms with Gasteiger partial charge in [0.15, 0.2) is 0 Å². The lowest BCUT2D eigenvalue weighted by atomic mass is 10.2. The number of nitrogens with zero attached hydrogens (tertiary/aromatic N) is 2. The first-order valence-electron chi connectivity index (χ1n) is 5.78. The molecule has 0 aliphatic heterocycles. The summed E-state index contributed by atoms with van der Waals surface area (Å²) in [6.45, 7) is 3.21. The van der Waals surface area contributed by atoms with Gasteiger partial charge in [-0.15, -0.1) is 11.3 Å². The number of benzene rings is 1. The van der Waals surface area contributed by atoms with Gasteiger partial charge in [-0.2, -0.15) is 0 Å². The molecule has 0 aliphatic rings. The number of anilines is 1. The summed E-state index contributed by atoms with van der Waals surface area (Å²) in [5, 5.41) is 10.6. The Hall–Kier alpha value is -1.95.